The fourth-order valence-corrected chi connectivity index (χ4v) is 2.83. The summed E-state index contributed by atoms with van der Waals surface area (Å²) in [5.41, 5.74) is -0.0540. The van der Waals surface area contributed by atoms with E-state index < -0.39 is 16.6 Å². The molecule has 3 aromatic carbocycles. The summed E-state index contributed by atoms with van der Waals surface area (Å²) < 4.78 is 0. The van der Waals surface area contributed by atoms with Gasteiger partial charge in [-0.2, -0.15) is 0 Å². The van der Waals surface area contributed by atoms with Gasteiger partial charge in [0.05, 0.1) is 21.2 Å². The summed E-state index contributed by atoms with van der Waals surface area (Å²) in [5.74, 6) is -1.12. The summed E-state index contributed by atoms with van der Waals surface area (Å²) >= 11 is 6.03. The van der Waals surface area contributed by atoms with E-state index >= 15 is 0 Å². The number of amides is 1. The molecule has 3 aromatic rings. The van der Waals surface area contributed by atoms with Crippen molar-refractivity contribution in [1.29, 1.82) is 0 Å². The SMILES string of the molecule is O=C(Nc1cccc([N+](=O)[O-])c1C(=O)c1ccccc1)c1ccccc1Cl. The van der Waals surface area contributed by atoms with Gasteiger partial charge >= 0.3 is 0 Å². The van der Waals surface area contributed by atoms with Crippen LogP contribution in [-0.2, 0) is 0 Å². The van der Waals surface area contributed by atoms with E-state index in [2.05, 4.69) is 5.32 Å². The Morgan fingerprint density at radius 2 is 1.56 bits per heavy atom. The second-order valence-electron chi connectivity index (χ2n) is 5.59. The molecular formula is C20H13ClN2O4. The number of anilines is 1. The summed E-state index contributed by atoms with van der Waals surface area (Å²) in [6.45, 7) is 0. The summed E-state index contributed by atoms with van der Waals surface area (Å²) in [4.78, 5) is 36.2. The van der Waals surface area contributed by atoms with E-state index in [1.807, 2.05) is 0 Å². The Morgan fingerprint density at radius 3 is 2.22 bits per heavy atom. The fraction of sp³-hybridized carbons (Fsp3) is 0. The molecule has 0 aliphatic carbocycles. The topological polar surface area (TPSA) is 89.3 Å². The minimum Gasteiger partial charge on any atom is -0.321 e. The molecule has 0 saturated heterocycles. The molecule has 27 heavy (non-hydrogen) atoms. The van der Waals surface area contributed by atoms with Crippen molar-refractivity contribution < 1.29 is 14.5 Å². The Morgan fingerprint density at radius 1 is 0.889 bits per heavy atom. The molecule has 1 amide bonds. The molecule has 0 saturated carbocycles. The fourth-order valence-electron chi connectivity index (χ4n) is 2.60. The van der Waals surface area contributed by atoms with Crippen LogP contribution in [0.1, 0.15) is 26.3 Å². The second-order valence-corrected chi connectivity index (χ2v) is 5.99. The monoisotopic (exact) mass is 380 g/mol. The van der Waals surface area contributed by atoms with Crippen molar-refractivity contribution in [3.05, 3.63) is 105 Å². The number of rotatable bonds is 5. The molecule has 0 heterocycles. The van der Waals surface area contributed by atoms with Crippen molar-refractivity contribution in [2.24, 2.45) is 0 Å². The van der Waals surface area contributed by atoms with Crippen molar-refractivity contribution in [2.75, 3.05) is 5.32 Å². The van der Waals surface area contributed by atoms with E-state index in [-0.39, 0.29) is 33.1 Å². The smallest absolute Gasteiger partial charge is 0.282 e. The number of nitrogens with one attached hydrogen (secondary N) is 1. The number of ketones is 1. The summed E-state index contributed by atoms with van der Waals surface area (Å²) in [5, 5.41) is 14.2. The highest BCUT2D eigenvalue weighted by molar-refractivity contribution is 6.34. The predicted molar refractivity (Wildman–Crippen MR) is 102 cm³/mol. The van der Waals surface area contributed by atoms with Crippen molar-refractivity contribution in [1.82, 2.24) is 0 Å². The van der Waals surface area contributed by atoms with Crippen LogP contribution in [-0.4, -0.2) is 16.6 Å². The number of carbonyl (C=O) groups is 2. The largest absolute Gasteiger partial charge is 0.321 e. The van der Waals surface area contributed by atoms with Gasteiger partial charge in [0.25, 0.3) is 11.6 Å². The first kappa shape index (κ1) is 18.3. The van der Waals surface area contributed by atoms with Crippen molar-refractivity contribution in [3.8, 4) is 0 Å². The van der Waals surface area contributed by atoms with Gasteiger partial charge in [0.15, 0.2) is 0 Å². The standard InChI is InChI=1S/C20H13ClN2O4/c21-15-10-5-4-9-14(15)20(25)22-16-11-6-12-17(23(26)27)18(16)19(24)13-7-2-1-3-8-13/h1-12H,(H,22,25). The zero-order valence-electron chi connectivity index (χ0n) is 13.9. The number of carbonyl (C=O) groups excluding carboxylic acids is 2. The number of hydrogen-bond donors (Lipinski definition) is 1. The maximum Gasteiger partial charge on any atom is 0.282 e. The van der Waals surface area contributed by atoms with Crippen LogP contribution in [0.4, 0.5) is 11.4 Å². The molecule has 1 N–H and O–H groups in total. The van der Waals surface area contributed by atoms with Crippen LogP contribution in [0, 0.1) is 10.1 Å². The molecule has 0 aromatic heterocycles. The zero-order chi connectivity index (χ0) is 19.4. The van der Waals surface area contributed by atoms with Crippen LogP contribution in [0.5, 0.6) is 0 Å². The molecule has 0 fully saturated rings. The maximum absolute atomic E-state index is 12.9. The molecule has 0 unspecified atom stereocenters. The van der Waals surface area contributed by atoms with E-state index in [0.29, 0.717) is 0 Å². The first-order valence-corrected chi connectivity index (χ1v) is 8.30. The highest BCUT2D eigenvalue weighted by Gasteiger charge is 2.26. The molecule has 0 aliphatic heterocycles. The Hall–Kier alpha value is -3.51. The van der Waals surface area contributed by atoms with Gasteiger partial charge in [0.2, 0.25) is 5.78 Å². The third-order valence-electron chi connectivity index (χ3n) is 3.87. The molecule has 3 rings (SSSR count). The molecule has 0 spiro atoms. The molecule has 0 aliphatic rings. The quantitative estimate of drug-likeness (QED) is 0.393. The number of benzene rings is 3. The Balaban J connectivity index is 2.07. The normalized spacial score (nSPS) is 10.3. The number of hydrogen-bond acceptors (Lipinski definition) is 4. The first-order chi connectivity index (χ1) is 13.0. The number of nitro groups is 1. The van der Waals surface area contributed by atoms with Gasteiger partial charge < -0.3 is 5.32 Å². The number of nitrogens with zero attached hydrogens (tertiary/aromatic N) is 1. The first-order valence-electron chi connectivity index (χ1n) is 7.92. The lowest BCUT2D eigenvalue weighted by molar-refractivity contribution is -0.385. The zero-order valence-corrected chi connectivity index (χ0v) is 14.6. The average Bonchev–Trinajstić information content (AvgIpc) is 2.68. The third-order valence-corrected chi connectivity index (χ3v) is 4.20. The van der Waals surface area contributed by atoms with Gasteiger partial charge in [0, 0.05) is 11.6 Å². The van der Waals surface area contributed by atoms with Crippen molar-refractivity contribution in [3.63, 3.8) is 0 Å². The van der Waals surface area contributed by atoms with Crippen molar-refractivity contribution >= 4 is 34.7 Å². The second kappa shape index (κ2) is 7.80. The van der Waals surface area contributed by atoms with Crippen molar-refractivity contribution in [2.45, 2.75) is 0 Å². The van der Waals surface area contributed by atoms with E-state index in [9.17, 15) is 19.7 Å². The lowest BCUT2D eigenvalue weighted by atomic mass is 9.99. The lowest BCUT2D eigenvalue weighted by Crippen LogP contribution is -2.16. The molecule has 0 radical (unpaired) electrons. The van der Waals surface area contributed by atoms with Crippen LogP contribution >= 0.6 is 11.6 Å². The average molecular weight is 381 g/mol. The third kappa shape index (κ3) is 3.86. The van der Waals surface area contributed by atoms with Gasteiger partial charge in [-0.05, 0) is 18.2 Å². The Labute approximate surface area is 159 Å². The Bertz CT molecular complexity index is 1040. The molecule has 0 bridgehead atoms. The van der Waals surface area contributed by atoms with E-state index in [1.54, 1.807) is 48.5 Å². The molecule has 7 heteroatoms. The van der Waals surface area contributed by atoms with Gasteiger partial charge in [-0.1, -0.05) is 60.1 Å². The number of nitro benzene ring substituents is 1. The number of halogens is 1. The Kier molecular flexibility index (Phi) is 5.28. The highest BCUT2D eigenvalue weighted by atomic mass is 35.5. The van der Waals surface area contributed by atoms with Gasteiger partial charge in [-0.15, -0.1) is 0 Å². The highest BCUT2D eigenvalue weighted by Crippen LogP contribution is 2.30. The van der Waals surface area contributed by atoms with E-state index in [4.69, 9.17) is 11.6 Å². The summed E-state index contributed by atoms with van der Waals surface area (Å²) in [7, 11) is 0. The van der Waals surface area contributed by atoms with Gasteiger partial charge in [0.1, 0.15) is 5.56 Å². The maximum atomic E-state index is 12.9. The molecule has 134 valence electrons. The minimum absolute atomic E-state index is 0.0444. The van der Waals surface area contributed by atoms with Crippen LogP contribution < -0.4 is 5.32 Å². The van der Waals surface area contributed by atoms with Gasteiger partial charge in [-0.25, -0.2) is 0 Å². The molecule has 0 atom stereocenters. The predicted octanol–water partition coefficient (Wildman–Crippen LogP) is 4.73. The molecular weight excluding hydrogens is 368 g/mol. The van der Waals surface area contributed by atoms with E-state index in [0.717, 1.165) is 0 Å². The lowest BCUT2D eigenvalue weighted by Gasteiger charge is -2.11. The summed E-state index contributed by atoms with van der Waals surface area (Å²) in [6, 6.07) is 18.6. The van der Waals surface area contributed by atoms with Crippen LogP contribution in [0.2, 0.25) is 5.02 Å². The van der Waals surface area contributed by atoms with Crippen LogP contribution in [0.25, 0.3) is 0 Å². The van der Waals surface area contributed by atoms with Crippen LogP contribution in [0.15, 0.2) is 72.8 Å². The van der Waals surface area contributed by atoms with Crippen LogP contribution in [0.3, 0.4) is 0 Å². The molecule has 6 nitrogen and oxygen atoms in total. The minimum atomic E-state index is -0.651. The summed E-state index contributed by atoms with van der Waals surface area (Å²) in [6.07, 6.45) is 0. The van der Waals surface area contributed by atoms with Gasteiger partial charge in [-0.3, -0.25) is 19.7 Å². The van der Waals surface area contributed by atoms with E-state index in [1.165, 1.54) is 24.3 Å².